The molecular weight excluding hydrogens is 368 g/mol. The lowest BCUT2D eigenvalue weighted by atomic mass is 10.0. The van der Waals surface area contributed by atoms with E-state index in [1.54, 1.807) is 6.92 Å². The molecule has 0 bridgehead atoms. The highest BCUT2D eigenvalue weighted by Gasteiger charge is 2.33. The van der Waals surface area contributed by atoms with Crippen molar-refractivity contribution >= 4 is 39.6 Å². The summed E-state index contributed by atoms with van der Waals surface area (Å²) in [6, 6.07) is 16.5. The Morgan fingerprint density at radius 3 is 2.43 bits per heavy atom. The molecule has 0 radical (unpaired) electrons. The summed E-state index contributed by atoms with van der Waals surface area (Å²) in [6.07, 6.45) is 2.16. The second-order valence-electron chi connectivity index (χ2n) is 6.86. The van der Waals surface area contributed by atoms with Gasteiger partial charge in [0.25, 0.3) is 0 Å². The smallest absolute Gasteiger partial charge is 0.341 e. The minimum atomic E-state index is -0.358. The van der Waals surface area contributed by atoms with Crippen LogP contribution >= 0.6 is 11.3 Å². The molecule has 0 spiro atoms. The number of hydrogen-bond donors (Lipinski definition) is 1. The van der Waals surface area contributed by atoms with Gasteiger partial charge in [-0.3, -0.25) is 0 Å². The number of nitrogen functional groups attached to an aromatic ring is 1. The van der Waals surface area contributed by atoms with Gasteiger partial charge in [0, 0.05) is 35.8 Å². The van der Waals surface area contributed by atoms with Crippen molar-refractivity contribution in [1.82, 2.24) is 0 Å². The van der Waals surface area contributed by atoms with Crippen molar-refractivity contribution < 1.29 is 9.53 Å². The van der Waals surface area contributed by atoms with Crippen molar-refractivity contribution in [2.24, 2.45) is 0 Å². The maximum atomic E-state index is 12.5. The number of fused-ring (bicyclic) bond motifs is 3. The summed E-state index contributed by atoms with van der Waals surface area (Å²) >= 11 is 1.45. The average Bonchev–Trinajstić information content (AvgIpc) is 3.16. The Labute approximate surface area is 168 Å². The Morgan fingerprint density at radius 2 is 1.79 bits per heavy atom. The van der Waals surface area contributed by atoms with Gasteiger partial charge in [0.1, 0.15) is 10.6 Å². The molecule has 0 fully saturated rings. The quantitative estimate of drug-likeness (QED) is 0.490. The van der Waals surface area contributed by atoms with E-state index in [-0.39, 0.29) is 5.97 Å². The maximum Gasteiger partial charge on any atom is 0.341 e. The summed E-state index contributed by atoms with van der Waals surface area (Å²) in [7, 11) is 4.05. The van der Waals surface area contributed by atoms with Crippen molar-refractivity contribution in [3.8, 4) is 11.1 Å². The SMILES string of the molecule is CCOC(=O)c1c(N)sc2c1-c1ccccc1/C2=C\c1ccc(N(C)C)cc1. The molecule has 4 nitrogen and oxygen atoms in total. The van der Waals surface area contributed by atoms with Gasteiger partial charge >= 0.3 is 5.97 Å². The van der Waals surface area contributed by atoms with Crippen molar-refractivity contribution in [3.63, 3.8) is 0 Å². The number of anilines is 2. The molecule has 0 amide bonds. The van der Waals surface area contributed by atoms with Crippen LogP contribution in [0.1, 0.15) is 33.3 Å². The summed E-state index contributed by atoms with van der Waals surface area (Å²) in [4.78, 5) is 15.6. The normalized spacial score (nSPS) is 13.3. The zero-order chi connectivity index (χ0) is 19.8. The fraction of sp³-hybridized carbons (Fsp3) is 0.174. The number of esters is 1. The number of carbonyl (C=O) groups excluding carboxylic acids is 1. The Balaban J connectivity index is 1.87. The molecule has 28 heavy (non-hydrogen) atoms. The number of ether oxygens (including phenoxy) is 1. The van der Waals surface area contributed by atoms with E-state index in [9.17, 15) is 4.79 Å². The molecule has 0 aliphatic heterocycles. The molecule has 4 rings (SSSR count). The van der Waals surface area contributed by atoms with E-state index in [0.29, 0.717) is 17.2 Å². The zero-order valence-electron chi connectivity index (χ0n) is 16.2. The molecule has 0 saturated carbocycles. The van der Waals surface area contributed by atoms with Crippen LogP contribution in [-0.2, 0) is 4.74 Å². The first kappa shape index (κ1) is 18.3. The van der Waals surface area contributed by atoms with E-state index in [2.05, 4.69) is 41.3 Å². The molecule has 1 aromatic heterocycles. The Morgan fingerprint density at radius 1 is 1.11 bits per heavy atom. The topological polar surface area (TPSA) is 55.6 Å². The van der Waals surface area contributed by atoms with Crippen molar-refractivity contribution in [2.45, 2.75) is 6.92 Å². The van der Waals surface area contributed by atoms with Gasteiger partial charge in [-0.05, 0) is 41.8 Å². The average molecular weight is 391 g/mol. The maximum absolute atomic E-state index is 12.5. The molecule has 5 heteroatoms. The van der Waals surface area contributed by atoms with Crippen LogP contribution in [0.25, 0.3) is 22.8 Å². The van der Waals surface area contributed by atoms with E-state index in [1.165, 1.54) is 11.3 Å². The highest BCUT2D eigenvalue weighted by Crippen LogP contribution is 2.52. The molecule has 142 valence electrons. The summed E-state index contributed by atoms with van der Waals surface area (Å²) in [6.45, 7) is 2.13. The van der Waals surface area contributed by atoms with Crippen molar-refractivity contribution in [3.05, 3.63) is 70.1 Å². The van der Waals surface area contributed by atoms with Gasteiger partial charge < -0.3 is 15.4 Å². The lowest BCUT2D eigenvalue weighted by Crippen LogP contribution is -2.07. The first-order valence-corrected chi connectivity index (χ1v) is 10.0. The van der Waals surface area contributed by atoms with E-state index >= 15 is 0 Å². The lowest BCUT2D eigenvalue weighted by molar-refractivity contribution is 0.0529. The molecular formula is C23H22N2O2S. The van der Waals surface area contributed by atoms with Crippen LogP contribution < -0.4 is 10.6 Å². The fourth-order valence-corrected chi connectivity index (χ4v) is 4.64. The Kier molecular flexibility index (Phi) is 4.69. The van der Waals surface area contributed by atoms with Crippen LogP contribution in [0.5, 0.6) is 0 Å². The molecule has 3 aromatic rings. The van der Waals surface area contributed by atoms with Gasteiger partial charge in [0.05, 0.1) is 6.61 Å². The van der Waals surface area contributed by atoms with Crippen LogP contribution in [0, 0.1) is 0 Å². The zero-order valence-corrected chi connectivity index (χ0v) is 17.0. The van der Waals surface area contributed by atoms with Crippen molar-refractivity contribution in [2.75, 3.05) is 31.3 Å². The van der Waals surface area contributed by atoms with E-state index in [4.69, 9.17) is 10.5 Å². The first-order valence-electron chi connectivity index (χ1n) is 9.20. The van der Waals surface area contributed by atoms with Gasteiger partial charge in [-0.25, -0.2) is 4.79 Å². The molecule has 2 aromatic carbocycles. The number of benzene rings is 2. The molecule has 2 N–H and O–H groups in total. The van der Waals surface area contributed by atoms with Crippen molar-refractivity contribution in [1.29, 1.82) is 0 Å². The summed E-state index contributed by atoms with van der Waals surface area (Å²) in [5.74, 6) is -0.358. The van der Waals surface area contributed by atoms with Gasteiger partial charge in [0.15, 0.2) is 0 Å². The summed E-state index contributed by atoms with van der Waals surface area (Å²) < 4.78 is 5.26. The number of nitrogens with zero attached hydrogens (tertiary/aromatic N) is 1. The largest absolute Gasteiger partial charge is 0.462 e. The van der Waals surface area contributed by atoms with E-state index in [1.807, 2.05) is 32.3 Å². The third-order valence-corrected chi connectivity index (χ3v) is 5.92. The highest BCUT2D eigenvalue weighted by molar-refractivity contribution is 7.18. The predicted octanol–water partition coefficient (Wildman–Crippen LogP) is 5.14. The molecule has 1 aliphatic rings. The van der Waals surface area contributed by atoms with Crippen LogP contribution in [0.2, 0.25) is 0 Å². The number of thiophene rings is 1. The van der Waals surface area contributed by atoms with Crippen LogP contribution in [0.3, 0.4) is 0 Å². The van der Waals surface area contributed by atoms with Gasteiger partial charge in [-0.1, -0.05) is 36.4 Å². The molecule has 0 saturated heterocycles. The second-order valence-corrected chi connectivity index (χ2v) is 7.91. The summed E-state index contributed by atoms with van der Waals surface area (Å²) in [5.41, 5.74) is 13.1. The van der Waals surface area contributed by atoms with E-state index < -0.39 is 0 Å². The second kappa shape index (κ2) is 7.17. The van der Waals surface area contributed by atoms with Gasteiger partial charge in [0.2, 0.25) is 0 Å². The number of carbonyl (C=O) groups is 1. The number of hydrogen-bond acceptors (Lipinski definition) is 5. The number of rotatable bonds is 4. The van der Waals surface area contributed by atoms with E-state index in [0.717, 1.165) is 38.4 Å². The monoisotopic (exact) mass is 390 g/mol. The lowest BCUT2D eigenvalue weighted by Gasteiger charge is -2.12. The minimum Gasteiger partial charge on any atom is -0.462 e. The Bertz CT molecular complexity index is 1080. The van der Waals surface area contributed by atoms with Gasteiger partial charge in [-0.2, -0.15) is 0 Å². The van der Waals surface area contributed by atoms with Crippen LogP contribution in [-0.4, -0.2) is 26.7 Å². The van der Waals surface area contributed by atoms with Crippen LogP contribution in [0.15, 0.2) is 48.5 Å². The molecule has 0 atom stereocenters. The molecule has 1 aliphatic carbocycles. The number of nitrogens with two attached hydrogens (primary N) is 1. The molecule has 0 unspecified atom stereocenters. The fourth-order valence-electron chi connectivity index (χ4n) is 3.54. The standard InChI is InChI=1S/C23H22N2O2S/c1-4-27-23(26)20-19-17-8-6-5-7-16(17)18(21(19)28-22(20)24)13-14-9-11-15(12-10-14)25(2)3/h5-13H,4,24H2,1-3H3/b18-13+. The predicted molar refractivity (Wildman–Crippen MR) is 118 cm³/mol. The Hall–Kier alpha value is -3.05. The molecule has 1 heterocycles. The first-order chi connectivity index (χ1) is 13.5. The summed E-state index contributed by atoms with van der Waals surface area (Å²) in [5, 5.41) is 0.506. The van der Waals surface area contributed by atoms with Crippen LogP contribution in [0.4, 0.5) is 10.7 Å². The van der Waals surface area contributed by atoms with Gasteiger partial charge in [-0.15, -0.1) is 11.3 Å². The third kappa shape index (κ3) is 2.98. The third-order valence-electron chi connectivity index (χ3n) is 4.87. The minimum absolute atomic E-state index is 0.325. The highest BCUT2D eigenvalue weighted by atomic mass is 32.1.